The molecular formula is C16H10F4N4O3S. The van der Waals surface area contributed by atoms with E-state index in [1.807, 2.05) is 0 Å². The number of amides is 1. The summed E-state index contributed by atoms with van der Waals surface area (Å²) < 4.78 is 52.9. The topological polar surface area (TPSA) is 109 Å². The molecule has 0 atom stereocenters. The molecular weight excluding hydrogens is 404 g/mol. The Morgan fingerprint density at radius 3 is 2.64 bits per heavy atom. The lowest BCUT2D eigenvalue weighted by molar-refractivity contribution is -0.384. The summed E-state index contributed by atoms with van der Waals surface area (Å²) in [7, 11) is 0. The molecule has 0 radical (unpaired) electrons. The summed E-state index contributed by atoms with van der Waals surface area (Å²) in [6.07, 6.45) is -4.78. The first kappa shape index (κ1) is 21.1. The van der Waals surface area contributed by atoms with Gasteiger partial charge in [-0.15, -0.1) is 0 Å². The Kier molecular flexibility index (Phi) is 6.19. The number of anilines is 1. The van der Waals surface area contributed by atoms with E-state index < -0.39 is 51.1 Å². The van der Waals surface area contributed by atoms with Crippen LogP contribution in [0.2, 0.25) is 0 Å². The number of nitrogens with one attached hydrogen (secondary N) is 1. The van der Waals surface area contributed by atoms with E-state index in [9.17, 15) is 32.5 Å². The van der Waals surface area contributed by atoms with Crippen molar-refractivity contribution >= 4 is 29.0 Å². The number of carbonyl (C=O) groups excluding carboxylic acids is 1. The van der Waals surface area contributed by atoms with E-state index in [1.54, 1.807) is 0 Å². The Hall–Kier alpha value is -3.20. The lowest BCUT2D eigenvalue weighted by Gasteiger charge is -2.12. The maximum atomic E-state index is 13.7. The molecule has 0 fully saturated rings. The molecule has 0 unspecified atom stereocenters. The summed E-state index contributed by atoms with van der Waals surface area (Å²) in [4.78, 5) is 25.8. The zero-order chi connectivity index (χ0) is 21.1. The van der Waals surface area contributed by atoms with Gasteiger partial charge in [0.25, 0.3) is 5.69 Å². The number of carbonyl (C=O) groups is 1. The zero-order valence-electron chi connectivity index (χ0n) is 14.0. The predicted molar refractivity (Wildman–Crippen MR) is 91.1 cm³/mol. The minimum atomic E-state index is -4.78. The fraction of sp³-hybridized carbons (Fsp3) is 0.188. The van der Waals surface area contributed by atoms with Crippen molar-refractivity contribution in [2.24, 2.45) is 0 Å². The number of nitro groups is 1. The van der Waals surface area contributed by atoms with Crippen LogP contribution in [0.25, 0.3) is 0 Å². The monoisotopic (exact) mass is 414 g/mol. The molecule has 0 aliphatic carbocycles. The van der Waals surface area contributed by atoms with Crippen LogP contribution in [0.3, 0.4) is 0 Å². The number of nitro benzene ring substituents is 1. The van der Waals surface area contributed by atoms with Gasteiger partial charge in [-0.1, -0.05) is 11.8 Å². The molecule has 2 aromatic rings. The predicted octanol–water partition coefficient (Wildman–Crippen LogP) is 4.06. The number of halogens is 4. The van der Waals surface area contributed by atoms with Crippen molar-refractivity contribution in [1.29, 1.82) is 5.26 Å². The zero-order valence-corrected chi connectivity index (χ0v) is 14.8. The van der Waals surface area contributed by atoms with E-state index in [0.29, 0.717) is 11.8 Å². The number of nitriles is 1. The minimum Gasteiger partial charge on any atom is -0.323 e. The van der Waals surface area contributed by atoms with Crippen molar-refractivity contribution in [3.05, 3.63) is 57.0 Å². The Morgan fingerprint density at radius 2 is 2.07 bits per heavy atom. The molecule has 1 amide bonds. The van der Waals surface area contributed by atoms with Gasteiger partial charge in [-0.25, -0.2) is 9.37 Å². The average molecular weight is 414 g/mol. The number of rotatable bonds is 5. The van der Waals surface area contributed by atoms with E-state index >= 15 is 0 Å². The molecule has 1 N–H and O–H groups in total. The Bertz CT molecular complexity index is 989. The molecule has 12 heteroatoms. The highest BCUT2D eigenvalue weighted by molar-refractivity contribution is 8.00. The standard InChI is InChI=1S/C16H10F4N4O3S/c1-8-4-11(16(18,19)20)10(6-21)15(22-8)28-7-14(25)23-13-5-9(24(26)27)2-3-12(13)17/h2-5H,7H2,1H3,(H,23,25). The summed E-state index contributed by atoms with van der Waals surface area (Å²) in [6, 6.07) is 4.67. The summed E-state index contributed by atoms with van der Waals surface area (Å²) in [5.74, 6) is -2.26. The fourth-order valence-corrected chi connectivity index (χ4v) is 2.97. The van der Waals surface area contributed by atoms with Crippen LogP contribution in [-0.2, 0) is 11.0 Å². The molecule has 146 valence electrons. The van der Waals surface area contributed by atoms with Crippen molar-refractivity contribution in [3.8, 4) is 6.07 Å². The Morgan fingerprint density at radius 1 is 1.39 bits per heavy atom. The van der Waals surface area contributed by atoms with Gasteiger partial charge in [-0.2, -0.15) is 18.4 Å². The number of non-ortho nitro benzene ring substituents is 1. The third-order valence-corrected chi connectivity index (χ3v) is 4.28. The van der Waals surface area contributed by atoms with Gasteiger partial charge in [0.15, 0.2) is 0 Å². The number of pyridine rings is 1. The molecule has 0 bridgehead atoms. The van der Waals surface area contributed by atoms with Crippen molar-refractivity contribution in [2.75, 3.05) is 11.1 Å². The van der Waals surface area contributed by atoms with Gasteiger partial charge in [0.05, 0.1) is 27.5 Å². The van der Waals surface area contributed by atoms with Crippen LogP contribution in [0.1, 0.15) is 16.8 Å². The highest BCUT2D eigenvalue weighted by Gasteiger charge is 2.35. The van der Waals surface area contributed by atoms with E-state index in [1.165, 1.54) is 13.0 Å². The van der Waals surface area contributed by atoms with Crippen LogP contribution in [0.15, 0.2) is 29.3 Å². The molecule has 0 saturated heterocycles. The number of hydrogen-bond donors (Lipinski definition) is 1. The van der Waals surface area contributed by atoms with Crippen LogP contribution in [0.4, 0.5) is 28.9 Å². The van der Waals surface area contributed by atoms with E-state index in [2.05, 4.69) is 10.3 Å². The third kappa shape index (κ3) is 4.95. The summed E-state index contributed by atoms with van der Waals surface area (Å²) in [6.45, 7) is 1.30. The Labute approximate surface area is 159 Å². The smallest absolute Gasteiger partial charge is 0.323 e. The molecule has 0 spiro atoms. The largest absolute Gasteiger partial charge is 0.417 e. The second kappa shape index (κ2) is 8.22. The van der Waals surface area contributed by atoms with Crippen LogP contribution in [0, 0.1) is 34.2 Å². The quantitative estimate of drug-likeness (QED) is 0.342. The highest BCUT2D eigenvalue weighted by Crippen LogP contribution is 2.35. The van der Waals surface area contributed by atoms with Crippen LogP contribution >= 0.6 is 11.8 Å². The third-order valence-electron chi connectivity index (χ3n) is 3.31. The SMILES string of the molecule is Cc1cc(C(F)(F)F)c(C#N)c(SCC(=O)Nc2cc([N+](=O)[O-])ccc2F)n1. The number of aromatic nitrogens is 1. The van der Waals surface area contributed by atoms with Crippen LogP contribution in [0.5, 0.6) is 0 Å². The first-order valence-electron chi connectivity index (χ1n) is 7.38. The second-order valence-electron chi connectivity index (χ2n) is 5.36. The van der Waals surface area contributed by atoms with Crippen molar-refractivity contribution in [2.45, 2.75) is 18.1 Å². The van der Waals surface area contributed by atoms with E-state index in [0.717, 1.165) is 24.3 Å². The molecule has 0 aliphatic rings. The number of thioether (sulfide) groups is 1. The number of alkyl halides is 3. The van der Waals surface area contributed by atoms with E-state index in [4.69, 9.17) is 5.26 Å². The van der Waals surface area contributed by atoms with E-state index in [-0.39, 0.29) is 10.7 Å². The number of hydrogen-bond acceptors (Lipinski definition) is 6. The highest BCUT2D eigenvalue weighted by atomic mass is 32.2. The maximum Gasteiger partial charge on any atom is 0.417 e. The molecule has 2 rings (SSSR count). The number of nitrogens with zero attached hydrogens (tertiary/aromatic N) is 3. The minimum absolute atomic E-state index is 0.000961. The molecule has 28 heavy (non-hydrogen) atoms. The lowest BCUT2D eigenvalue weighted by atomic mass is 10.1. The lowest BCUT2D eigenvalue weighted by Crippen LogP contribution is -2.16. The van der Waals surface area contributed by atoms with Crippen LogP contribution < -0.4 is 5.32 Å². The van der Waals surface area contributed by atoms with Gasteiger partial charge >= 0.3 is 6.18 Å². The summed E-state index contributed by atoms with van der Waals surface area (Å²) in [5, 5.41) is 21.6. The van der Waals surface area contributed by atoms with Gasteiger partial charge in [-0.3, -0.25) is 14.9 Å². The summed E-state index contributed by atoms with van der Waals surface area (Å²) >= 11 is 0.558. The normalized spacial score (nSPS) is 11.0. The molecule has 1 heterocycles. The van der Waals surface area contributed by atoms with Gasteiger partial charge in [0, 0.05) is 17.8 Å². The molecule has 1 aromatic carbocycles. The number of aryl methyl sites for hydroxylation is 1. The second-order valence-corrected chi connectivity index (χ2v) is 6.32. The Balaban J connectivity index is 2.20. The van der Waals surface area contributed by atoms with Crippen LogP contribution in [-0.4, -0.2) is 21.6 Å². The van der Waals surface area contributed by atoms with Gasteiger partial charge in [-0.05, 0) is 19.1 Å². The van der Waals surface area contributed by atoms with Crippen molar-refractivity contribution in [3.63, 3.8) is 0 Å². The van der Waals surface area contributed by atoms with Crippen molar-refractivity contribution in [1.82, 2.24) is 4.98 Å². The fourth-order valence-electron chi connectivity index (χ4n) is 2.12. The van der Waals surface area contributed by atoms with Crippen molar-refractivity contribution < 1.29 is 27.3 Å². The molecule has 7 nitrogen and oxygen atoms in total. The summed E-state index contributed by atoms with van der Waals surface area (Å²) in [5.41, 5.74) is -2.80. The molecule has 0 aliphatic heterocycles. The first-order chi connectivity index (χ1) is 13.0. The van der Waals surface area contributed by atoms with Gasteiger partial charge in [0.2, 0.25) is 5.91 Å². The molecule has 0 saturated carbocycles. The molecule has 1 aromatic heterocycles. The first-order valence-corrected chi connectivity index (χ1v) is 8.37. The average Bonchev–Trinajstić information content (AvgIpc) is 2.60. The maximum absolute atomic E-state index is 13.7. The number of benzene rings is 1. The van der Waals surface area contributed by atoms with Gasteiger partial charge < -0.3 is 5.32 Å². The van der Waals surface area contributed by atoms with Gasteiger partial charge in [0.1, 0.15) is 16.9 Å².